The van der Waals surface area contributed by atoms with Gasteiger partial charge in [0.1, 0.15) is 0 Å². The predicted octanol–water partition coefficient (Wildman–Crippen LogP) is 1.93. The van der Waals surface area contributed by atoms with Gasteiger partial charge in [-0.3, -0.25) is 0 Å². The quantitative estimate of drug-likeness (QED) is 0.491. The van der Waals surface area contributed by atoms with Crippen molar-refractivity contribution in [3.8, 4) is 0 Å². The molecule has 0 bridgehead atoms. The van der Waals surface area contributed by atoms with Crippen LogP contribution >= 0.6 is 0 Å². The molecule has 6 N–H and O–H groups in total. The molecule has 0 radical (unpaired) electrons. The van der Waals surface area contributed by atoms with E-state index in [9.17, 15) is 9.59 Å². The van der Waals surface area contributed by atoms with Crippen molar-refractivity contribution >= 4 is 23.3 Å². The van der Waals surface area contributed by atoms with Crippen molar-refractivity contribution in [2.45, 2.75) is 0 Å². The minimum absolute atomic E-state index is 0. The van der Waals surface area contributed by atoms with Gasteiger partial charge in [0, 0.05) is 27.9 Å². The summed E-state index contributed by atoms with van der Waals surface area (Å²) in [6, 6.07) is 12.7. The average molecular weight is 333 g/mol. The maximum absolute atomic E-state index is 10.3. The van der Waals surface area contributed by atoms with Crippen LogP contribution in [0.15, 0.2) is 48.5 Å². The van der Waals surface area contributed by atoms with Gasteiger partial charge in [-0.15, -0.1) is 0 Å². The summed E-state index contributed by atoms with van der Waals surface area (Å²) in [6.07, 6.45) is 0. The monoisotopic (exact) mass is 332 g/mol. The molecule has 114 valence electrons. The first-order valence-corrected chi connectivity index (χ1v) is 5.59. The number of carboxylic acid groups (broad SMARTS) is 2. The van der Waals surface area contributed by atoms with Gasteiger partial charge in [-0.2, -0.15) is 0 Å². The van der Waals surface area contributed by atoms with E-state index in [0.29, 0.717) is 11.4 Å². The molecular formula is C14H14N2NiO4. The molecule has 6 nitrogen and oxygen atoms in total. The fraction of sp³-hybridized carbons (Fsp3) is 0. The molecule has 21 heavy (non-hydrogen) atoms. The van der Waals surface area contributed by atoms with Gasteiger partial charge in [0.25, 0.3) is 0 Å². The minimum atomic E-state index is -0.988. The van der Waals surface area contributed by atoms with Crippen molar-refractivity contribution in [2.24, 2.45) is 0 Å². The zero-order valence-corrected chi connectivity index (χ0v) is 11.8. The van der Waals surface area contributed by atoms with Crippen LogP contribution in [-0.2, 0) is 16.5 Å². The Kier molecular flexibility index (Phi) is 7.57. The first-order chi connectivity index (χ1) is 9.43. The van der Waals surface area contributed by atoms with E-state index in [1.165, 1.54) is 12.1 Å². The van der Waals surface area contributed by atoms with Crippen molar-refractivity contribution in [3.05, 3.63) is 59.7 Å². The zero-order chi connectivity index (χ0) is 15.1. The Morgan fingerprint density at radius 1 is 0.714 bits per heavy atom. The van der Waals surface area contributed by atoms with Crippen molar-refractivity contribution < 1.29 is 36.3 Å². The van der Waals surface area contributed by atoms with Gasteiger partial charge >= 0.3 is 11.9 Å². The Morgan fingerprint density at radius 2 is 1.00 bits per heavy atom. The van der Waals surface area contributed by atoms with E-state index in [1.54, 1.807) is 36.4 Å². The number of rotatable bonds is 2. The topological polar surface area (TPSA) is 127 Å². The number of nitrogens with two attached hydrogens (primary N) is 2. The van der Waals surface area contributed by atoms with Crippen LogP contribution < -0.4 is 11.5 Å². The molecule has 0 unspecified atom stereocenters. The largest absolute Gasteiger partial charge is 0.478 e. The van der Waals surface area contributed by atoms with Gasteiger partial charge in [0.2, 0.25) is 0 Å². The summed E-state index contributed by atoms with van der Waals surface area (Å²) in [4.78, 5) is 20.7. The molecule has 0 spiro atoms. The molecule has 0 atom stereocenters. The van der Waals surface area contributed by atoms with Crippen LogP contribution in [0, 0.1) is 0 Å². The molecule has 0 fully saturated rings. The van der Waals surface area contributed by atoms with E-state index in [4.69, 9.17) is 21.7 Å². The van der Waals surface area contributed by atoms with Gasteiger partial charge in [0.05, 0.1) is 11.1 Å². The molecule has 0 aromatic heterocycles. The molecule has 0 amide bonds. The minimum Gasteiger partial charge on any atom is -0.478 e. The van der Waals surface area contributed by atoms with Crippen LogP contribution in [-0.4, -0.2) is 22.2 Å². The second-order valence-corrected chi connectivity index (χ2v) is 3.78. The van der Waals surface area contributed by atoms with Gasteiger partial charge < -0.3 is 21.7 Å². The van der Waals surface area contributed by atoms with E-state index in [2.05, 4.69) is 0 Å². The van der Waals surface area contributed by atoms with Gasteiger partial charge in [0.15, 0.2) is 0 Å². The van der Waals surface area contributed by atoms with Crippen molar-refractivity contribution in [1.29, 1.82) is 0 Å². The molecular weight excluding hydrogens is 319 g/mol. The van der Waals surface area contributed by atoms with Crippen LogP contribution in [0.1, 0.15) is 20.7 Å². The third-order valence-corrected chi connectivity index (χ3v) is 2.38. The predicted molar refractivity (Wildman–Crippen MR) is 75.6 cm³/mol. The number of anilines is 2. The third kappa shape index (κ3) is 5.54. The number of hydrogen-bond donors (Lipinski definition) is 4. The summed E-state index contributed by atoms with van der Waals surface area (Å²) in [5.74, 6) is -1.98. The SMILES string of the molecule is Nc1ccccc1C(=O)O.Nc1ccccc1C(=O)O.[Ni]. The van der Waals surface area contributed by atoms with Crippen molar-refractivity contribution in [2.75, 3.05) is 11.5 Å². The molecule has 0 heterocycles. The Hall–Kier alpha value is -2.53. The van der Waals surface area contributed by atoms with E-state index >= 15 is 0 Å². The van der Waals surface area contributed by atoms with E-state index in [1.807, 2.05) is 0 Å². The fourth-order valence-electron chi connectivity index (χ4n) is 1.38. The van der Waals surface area contributed by atoms with E-state index in [-0.39, 0.29) is 27.6 Å². The third-order valence-electron chi connectivity index (χ3n) is 2.38. The Bertz CT molecular complexity index is 576. The normalized spacial score (nSPS) is 8.76. The zero-order valence-electron chi connectivity index (χ0n) is 10.8. The molecule has 2 rings (SSSR count). The van der Waals surface area contributed by atoms with Crippen molar-refractivity contribution in [3.63, 3.8) is 0 Å². The first kappa shape index (κ1) is 18.5. The van der Waals surface area contributed by atoms with Gasteiger partial charge in [-0.1, -0.05) is 24.3 Å². The van der Waals surface area contributed by atoms with Gasteiger partial charge in [-0.05, 0) is 24.3 Å². The fourth-order valence-corrected chi connectivity index (χ4v) is 1.38. The molecule has 2 aromatic rings. The Balaban J connectivity index is 0.000000364. The van der Waals surface area contributed by atoms with Crippen LogP contribution in [0.5, 0.6) is 0 Å². The Labute approximate surface area is 131 Å². The second-order valence-electron chi connectivity index (χ2n) is 3.78. The van der Waals surface area contributed by atoms with Crippen LogP contribution in [0.25, 0.3) is 0 Å². The number of nitrogen functional groups attached to an aromatic ring is 2. The first-order valence-electron chi connectivity index (χ1n) is 5.59. The van der Waals surface area contributed by atoms with Gasteiger partial charge in [-0.25, -0.2) is 9.59 Å². The molecule has 0 saturated heterocycles. The Morgan fingerprint density at radius 3 is 1.19 bits per heavy atom. The molecule has 7 heteroatoms. The molecule has 0 aliphatic rings. The standard InChI is InChI=1S/2C7H7NO2.Ni/c2*8-6-4-2-1-3-5(6)7(9)10;/h2*1-4H,8H2,(H,9,10);. The smallest absolute Gasteiger partial charge is 0.337 e. The summed E-state index contributed by atoms with van der Waals surface area (Å²) in [6.45, 7) is 0. The van der Waals surface area contributed by atoms with Crippen LogP contribution in [0.3, 0.4) is 0 Å². The maximum atomic E-state index is 10.3. The van der Waals surface area contributed by atoms with E-state index in [0.717, 1.165) is 0 Å². The van der Waals surface area contributed by atoms with Crippen molar-refractivity contribution in [1.82, 2.24) is 0 Å². The number of hydrogen-bond acceptors (Lipinski definition) is 4. The van der Waals surface area contributed by atoms with Crippen LogP contribution in [0.2, 0.25) is 0 Å². The summed E-state index contributed by atoms with van der Waals surface area (Å²) >= 11 is 0. The molecule has 0 aliphatic carbocycles. The average Bonchev–Trinajstić information content (AvgIpc) is 2.40. The van der Waals surface area contributed by atoms with Crippen LogP contribution in [0.4, 0.5) is 11.4 Å². The molecule has 2 aromatic carbocycles. The maximum Gasteiger partial charge on any atom is 0.337 e. The summed E-state index contributed by atoms with van der Waals surface area (Å²) < 4.78 is 0. The number of carbonyl (C=O) groups is 2. The molecule has 0 saturated carbocycles. The number of para-hydroxylation sites is 2. The second kappa shape index (κ2) is 8.61. The molecule has 0 aliphatic heterocycles. The summed E-state index contributed by atoms with van der Waals surface area (Å²) in [5.41, 5.74) is 11.6. The van der Waals surface area contributed by atoms with E-state index < -0.39 is 11.9 Å². The number of aromatic carboxylic acids is 2. The summed E-state index contributed by atoms with van der Waals surface area (Å²) in [7, 11) is 0. The number of carboxylic acids is 2. The summed E-state index contributed by atoms with van der Waals surface area (Å²) in [5, 5.41) is 17.0. The number of benzene rings is 2.